The van der Waals surface area contributed by atoms with Gasteiger partial charge in [-0.2, -0.15) is 0 Å². The van der Waals surface area contributed by atoms with Gasteiger partial charge in [0.1, 0.15) is 0 Å². The van der Waals surface area contributed by atoms with E-state index in [0.717, 1.165) is 16.8 Å². The number of hydrogen-bond acceptors (Lipinski definition) is 4. The van der Waals surface area contributed by atoms with Crippen LogP contribution in [0.15, 0.2) is 29.1 Å². The number of H-pyrrole nitrogens is 1. The van der Waals surface area contributed by atoms with Crippen molar-refractivity contribution in [2.45, 2.75) is 25.9 Å². The van der Waals surface area contributed by atoms with Gasteiger partial charge in [0.15, 0.2) is 15.3 Å². The second-order valence-corrected chi connectivity index (χ2v) is 8.41. The minimum absolute atomic E-state index is 0.0000986. The quantitative estimate of drug-likeness (QED) is 0.929. The smallest absolute Gasteiger partial charge is 0.189 e. The zero-order valence-electron chi connectivity index (χ0n) is 12.8. The Kier molecular flexibility index (Phi) is 3.82. The molecule has 2 aromatic rings. The van der Waals surface area contributed by atoms with Gasteiger partial charge in [-0.05, 0) is 32.5 Å². The number of fused-ring (bicyclic) bond motifs is 1. The predicted octanol–water partition coefficient (Wildman–Crippen LogP) is 1.46. The zero-order valence-corrected chi connectivity index (χ0v) is 13.6. The van der Waals surface area contributed by atoms with Crippen molar-refractivity contribution in [2.24, 2.45) is 0 Å². The fraction of sp³-hybridized carbons (Fsp3) is 0.438. The summed E-state index contributed by atoms with van der Waals surface area (Å²) in [6.45, 7) is 2.50. The van der Waals surface area contributed by atoms with E-state index >= 15 is 0 Å². The Morgan fingerprint density at radius 3 is 2.77 bits per heavy atom. The van der Waals surface area contributed by atoms with Crippen molar-refractivity contribution in [3.05, 3.63) is 45.7 Å². The molecule has 1 fully saturated rings. The van der Waals surface area contributed by atoms with Crippen molar-refractivity contribution in [3.63, 3.8) is 0 Å². The summed E-state index contributed by atoms with van der Waals surface area (Å²) in [6, 6.07) is 7.40. The van der Waals surface area contributed by atoms with Gasteiger partial charge in [0.05, 0.1) is 11.5 Å². The highest BCUT2D eigenvalue weighted by Crippen LogP contribution is 2.18. The molecule has 3 rings (SSSR count). The van der Waals surface area contributed by atoms with E-state index in [4.69, 9.17) is 0 Å². The van der Waals surface area contributed by atoms with Crippen molar-refractivity contribution < 1.29 is 8.42 Å². The van der Waals surface area contributed by atoms with Gasteiger partial charge in [-0.1, -0.05) is 11.6 Å². The van der Waals surface area contributed by atoms with Crippen molar-refractivity contribution in [1.29, 1.82) is 0 Å². The number of aromatic nitrogens is 1. The molecular formula is C16H20N2O3S. The van der Waals surface area contributed by atoms with Crippen LogP contribution in [-0.2, 0) is 16.4 Å². The Bertz CT molecular complexity index is 871. The van der Waals surface area contributed by atoms with E-state index in [1.807, 2.05) is 37.1 Å². The van der Waals surface area contributed by atoms with Gasteiger partial charge in [0, 0.05) is 35.2 Å². The highest BCUT2D eigenvalue weighted by molar-refractivity contribution is 7.91. The van der Waals surface area contributed by atoms with E-state index in [9.17, 15) is 13.2 Å². The first kappa shape index (κ1) is 15.2. The summed E-state index contributed by atoms with van der Waals surface area (Å²) < 4.78 is 23.1. The topological polar surface area (TPSA) is 70.2 Å². The maximum absolute atomic E-state index is 12.2. The molecule has 0 unspecified atom stereocenters. The maximum atomic E-state index is 12.2. The van der Waals surface area contributed by atoms with Crippen LogP contribution >= 0.6 is 0 Å². The third-order valence-corrected chi connectivity index (χ3v) is 6.04. The lowest BCUT2D eigenvalue weighted by Gasteiger charge is -2.23. The summed E-state index contributed by atoms with van der Waals surface area (Å²) in [7, 11) is -0.988. The Labute approximate surface area is 129 Å². The van der Waals surface area contributed by atoms with Crippen LogP contribution in [0.4, 0.5) is 0 Å². The highest BCUT2D eigenvalue weighted by atomic mass is 32.2. The standard InChI is InChI=1S/C16H20N2O3S/c1-11-3-4-15-14(7-11)16(19)8-12(17-15)9-18(2)13-5-6-22(20,21)10-13/h3-4,7-8,13H,5-6,9-10H2,1-2H3,(H,17,19)/t13-/m1/s1. The summed E-state index contributed by atoms with van der Waals surface area (Å²) in [4.78, 5) is 17.5. The average Bonchev–Trinajstić information content (AvgIpc) is 2.80. The number of nitrogens with one attached hydrogen (secondary N) is 1. The molecule has 0 spiro atoms. The van der Waals surface area contributed by atoms with Gasteiger partial charge < -0.3 is 4.98 Å². The number of aromatic amines is 1. The molecule has 5 nitrogen and oxygen atoms in total. The van der Waals surface area contributed by atoms with Crippen LogP contribution < -0.4 is 5.43 Å². The molecule has 118 valence electrons. The van der Waals surface area contributed by atoms with Crippen LogP contribution in [0.25, 0.3) is 10.9 Å². The molecule has 22 heavy (non-hydrogen) atoms. The number of aryl methyl sites for hydroxylation is 1. The maximum Gasteiger partial charge on any atom is 0.189 e. The fourth-order valence-electron chi connectivity index (χ4n) is 3.02. The van der Waals surface area contributed by atoms with Crippen LogP contribution in [0.3, 0.4) is 0 Å². The first-order chi connectivity index (χ1) is 10.3. The molecule has 1 aromatic heterocycles. The molecule has 0 aliphatic carbocycles. The molecule has 1 aliphatic rings. The molecular weight excluding hydrogens is 300 g/mol. The Morgan fingerprint density at radius 1 is 1.32 bits per heavy atom. The molecule has 6 heteroatoms. The van der Waals surface area contributed by atoms with Crippen LogP contribution in [-0.4, -0.2) is 42.9 Å². The second-order valence-electron chi connectivity index (χ2n) is 6.18. The summed E-state index contributed by atoms with van der Waals surface area (Å²) in [5.74, 6) is 0.468. The molecule has 1 aliphatic heterocycles. The molecule has 1 N–H and O–H groups in total. The van der Waals surface area contributed by atoms with E-state index in [0.29, 0.717) is 18.4 Å². The Hall–Kier alpha value is -1.66. The van der Waals surface area contributed by atoms with Gasteiger partial charge in [0.25, 0.3) is 0 Å². The molecule has 0 amide bonds. The minimum atomic E-state index is -2.89. The molecule has 1 atom stereocenters. The summed E-state index contributed by atoms with van der Waals surface area (Å²) >= 11 is 0. The number of nitrogens with zero attached hydrogens (tertiary/aromatic N) is 1. The lowest BCUT2D eigenvalue weighted by atomic mass is 10.1. The highest BCUT2D eigenvalue weighted by Gasteiger charge is 2.30. The van der Waals surface area contributed by atoms with Gasteiger partial charge in [-0.3, -0.25) is 9.69 Å². The van der Waals surface area contributed by atoms with E-state index in [1.165, 1.54) is 0 Å². The molecule has 1 saturated heterocycles. The number of hydrogen-bond donors (Lipinski definition) is 1. The van der Waals surface area contributed by atoms with Gasteiger partial charge >= 0.3 is 0 Å². The van der Waals surface area contributed by atoms with E-state index < -0.39 is 9.84 Å². The SMILES string of the molecule is Cc1ccc2[nH]c(CN(C)[C@@H]3CCS(=O)(=O)C3)cc(=O)c2c1. The average molecular weight is 320 g/mol. The van der Waals surface area contributed by atoms with Gasteiger partial charge in [-0.15, -0.1) is 0 Å². The van der Waals surface area contributed by atoms with Crippen molar-refractivity contribution in [3.8, 4) is 0 Å². The third kappa shape index (κ3) is 3.08. The molecule has 1 aromatic carbocycles. The first-order valence-corrected chi connectivity index (χ1v) is 9.19. The lowest BCUT2D eigenvalue weighted by Crippen LogP contribution is -2.32. The normalized spacial score (nSPS) is 20.8. The first-order valence-electron chi connectivity index (χ1n) is 7.37. The minimum Gasteiger partial charge on any atom is -0.357 e. The monoisotopic (exact) mass is 320 g/mol. The molecule has 0 bridgehead atoms. The number of benzene rings is 1. The molecule has 0 saturated carbocycles. The number of rotatable bonds is 3. The van der Waals surface area contributed by atoms with Crippen LogP contribution in [0.2, 0.25) is 0 Å². The van der Waals surface area contributed by atoms with Gasteiger partial charge in [0.2, 0.25) is 0 Å². The second kappa shape index (κ2) is 5.52. The third-order valence-electron chi connectivity index (χ3n) is 4.29. The zero-order chi connectivity index (χ0) is 15.9. The Balaban J connectivity index is 1.85. The van der Waals surface area contributed by atoms with Crippen molar-refractivity contribution in [1.82, 2.24) is 9.88 Å². The van der Waals surface area contributed by atoms with E-state index in [1.54, 1.807) is 6.07 Å². The Morgan fingerprint density at radius 2 is 2.09 bits per heavy atom. The predicted molar refractivity (Wildman–Crippen MR) is 87.8 cm³/mol. The van der Waals surface area contributed by atoms with E-state index in [-0.39, 0.29) is 23.0 Å². The van der Waals surface area contributed by atoms with Crippen LogP contribution in [0.1, 0.15) is 17.7 Å². The summed E-state index contributed by atoms with van der Waals surface area (Å²) in [6.07, 6.45) is 0.663. The van der Waals surface area contributed by atoms with Crippen molar-refractivity contribution >= 4 is 20.7 Å². The fourth-order valence-corrected chi connectivity index (χ4v) is 4.83. The van der Waals surface area contributed by atoms with Crippen molar-refractivity contribution in [2.75, 3.05) is 18.6 Å². The van der Waals surface area contributed by atoms with E-state index in [2.05, 4.69) is 4.98 Å². The molecule has 2 heterocycles. The van der Waals surface area contributed by atoms with Crippen LogP contribution in [0, 0.1) is 6.92 Å². The summed E-state index contributed by atoms with van der Waals surface area (Å²) in [5, 5.41) is 0.690. The lowest BCUT2D eigenvalue weighted by molar-refractivity contribution is 0.251. The number of pyridine rings is 1. The van der Waals surface area contributed by atoms with Gasteiger partial charge in [-0.25, -0.2) is 8.42 Å². The summed E-state index contributed by atoms with van der Waals surface area (Å²) in [5.41, 5.74) is 2.69. The largest absolute Gasteiger partial charge is 0.357 e. The van der Waals surface area contributed by atoms with Crippen LogP contribution in [0.5, 0.6) is 0 Å². The molecule has 0 radical (unpaired) electrons. The number of sulfone groups is 1.